The summed E-state index contributed by atoms with van der Waals surface area (Å²) in [6.45, 7) is 5.36. The zero-order valence-corrected chi connectivity index (χ0v) is 19.1. The number of pyridine rings is 1. The number of aryl methyl sites for hydroxylation is 1. The predicted octanol–water partition coefficient (Wildman–Crippen LogP) is 2.49. The summed E-state index contributed by atoms with van der Waals surface area (Å²) in [4.78, 5) is 28.2. The van der Waals surface area contributed by atoms with Crippen molar-refractivity contribution in [1.29, 1.82) is 0 Å². The van der Waals surface area contributed by atoms with E-state index in [1.165, 1.54) is 13.4 Å². The highest BCUT2D eigenvalue weighted by Crippen LogP contribution is 2.29. The van der Waals surface area contributed by atoms with Crippen molar-refractivity contribution in [3.8, 4) is 5.75 Å². The van der Waals surface area contributed by atoms with Gasteiger partial charge in [0, 0.05) is 34.6 Å². The monoisotopic (exact) mass is 445 g/mol. The number of benzene rings is 1. The van der Waals surface area contributed by atoms with Crippen molar-refractivity contribution < 1.29 is 17.9 Å². The minimum Gasteiger partial charge on any atom is -0.496 e. The molecular formula is C22H27N3O5S. The number of rotatable bonds is 7. The molecule has 0 bridgehead atoms. The van der Waals surface area contributed by atoms with Crippen LogP contribution in [0.25, 0.3) is 10.9 Å². The van der Waals surface area contributed by atoms with E-state index in [1.54, 1.807) is 19.9 Å². The smallest absolute Gasteiger partial charge is 0.256 e. The number of H-pyrrole nitrogens is 1. The third-order valence-electron chi connectivity index (χ3n) is 5.24. The van der Waals surface area contributed by atoms with Gasteiger partial charge < -0.3 is 19.6 Å². The van der Waals surface area contributed by atoms with Gasteiger partial charge >= 0.3 is 0 Å². The summed E-state index contributed by atoms with van der Waals surface area (Å²) in [6.07, 6.45) is 1.20. The zero-order chi connectivity index (χ0) is 22.9. The Morgan fingerprint density at radius 1 is 1.26 bits per heavy atom. The number of hydrogen-bond donors (Lipinski definition) is 2. The number of nitrogens with zero attached hydrogens (tertiary/aromatic N) is 1. The molecule has 0 radical (unpaired) electrons. The highest BCUT2D eigenvalue weighted by Gasteiger charge is 2.24. The first-order valence-corrected chi connectivity index (χ1v) is 11.9. The van der Waals surface area contributed by atoms with Gasteiger partial charge in [0.2, 0.25) is 0 Å². The molecular weight excluding hydrogens is 418 g/mol. The van der Waals surface area contributed by atoms with Crippen molar-refractivity contribution in [2.75, 3.05) is 19.1 Å². The topological polar surface area (TPSA) is 110 Å². The van der Waals surface area contributed by atoms with E-state index < -0.39 is 9.84 Å². The molecule has 3 rings (SSSR count). The fourth-order valence-corrected chi connectivity index (χ4v) is 5.08. The summed E-state index contributed by atoms with van der Waals surface area (Å²) in [5, 5.41) is 3.54. The number of carbonyl (C=O) groups is 1. The Balaban J connectivity index is 1.99. The minimum atomic E-state index is -3.20. The van der Waals surface area contributed by atoms with Crippen LogP contribution in [0.2, 0.25) is 0 Å². The first-order chi connectivity index (χ1) is 14.5. The molecule has 1 atom stereocenters. The van der Waals surface area contributed by atoms with Gasteiger partial charge in [-0.05, 0) is 32.9 Å². The van der Waals surface area contributed by atoms with E-state index in [9.17, 15) is 18.0 Å². The third-order valence-corrected chi connectivity index (χ3v) is 6.33. The summed E-state index contributed by atoms with van der Waals surface area (Å²) in [7, 11) is -1.73. The number of nitrogens with one attached hydrogen (secondary N) is 2. The van der Waals surface area contributed by atoms with Crippen LogP contribution in [0.5, 0.6) is 5.75 Å². The molecule has 0 aliphatic rings. The van der Waals surface area contributed by atoms with Gasteiger partial charge in [-0.15, -0.1) is 0 Å². The molecule has 0 aliphatic heterocycles. The highest BCUT2D eigenvalue weighted by atomic mass is 32.2. The SMILES string of the molecule is COc1cc(C)[nH]c(=O)c1CNC(=O)c1c(C)n(C(C)CS(C)(=O)=O)c2ccccc12. The van der Waals surface area contributed by atoms with Crippen LogP contribution in [0.15, 0.2) is 35.1 Å². The number of carbonyl (C=O) groups excluding carboxylic acids is 1. The lowest BCUT2D eigenvalue weighted by molar-refractivity contribution is 0.0951. The second kappa shape index (κ2) is 8.58. The highest BCUT2D eigenvalue weighted by molar-refractivity contribution is 7.90. The Labute approximate surface area is 181 Å². The van der Waals surface area contributed by atoms with Crippen molar-refractivity contribution in [2.45, 2.75) is 33.4 Å². The third kappa shape index (κ3) is 4.66. The molecule has 0 saturated carbocycles. The van der Waals surface area contributed by atoms with Gasteiger partial charge in [-0.1, -0.05) is 18.2 Å². The molecule has 31 heavy (non-hydrogen) atoms. The van der Waals surface area contributed by atoms with Gasteiger partial charge in [-0.25, -0.2) is 8.42 Å². The number of methoxy groups -OCH3 is 1. The van der Waals surface area contributed by atoms with E-state index in [1.807, 2.05) is 35.8 Å². The lowest BCUT2D eigenvalue weighted by Crippen LogP contribution is -2.28. The van der Waals surface area contributed by atoms with E-state index in [4.69, 9.17) is 4.74 Å². The van der Waals surface area contributed by atoms with Crippen LogP contribution in [0.3, 0.4) is 0 Å². The van der Waals surface area contributed by atoms with Gasteiger partial charge in [0.1, 0.15) is 15.6 Å². The van der Waals surface area contributed by atoms with Crippen molar-refractivity contribution in [3.63, 3.8) is 0 Å². The van der Waals surface area contributed by atoms with E-state index in [2.05, 4.69) is 10.3 Å². The number of hydrogen-bond acceptors (Lipinski definition) is 5. The second-order valence-electron chi connectivity index (χ2n) is 7.80. The van der Waals surface area contributed by atoms with Crippen molar-refractivity contribution in [2.24, 2.45) is 0 Å². The van der Waals surface area contributed by atoms with Gasteiger partial charge in [0.25, 0.3) is 11.5 Å². The normalized spacial score (nSPS) is 12.7. The lowest BCUT2D eigenvalue weighted by atomic mass is 10.1. The molecule has 9 heteroatoms. The molecule has 1 unspecified atom stereocenters. The Morgan fingerprint density at radius 2 is 1.94 bits per heavy atom. The fourth-order valence-electron chi connectivity index (χ4n) is 4.05. The fraction of sp³-hybridized carbons (Fsp3) is 0.364. The zero-order valence-electron chi connectivity index (χ0n) is 18.3. The average Bonchev–Trinajstić information content (AvgIpc) is 2.97. The predicted molar refractivity (Wildman–Crippen MR) is 121 cm³/mol. The number of aromatic amines is 1. The average molecular weight is 446 g/mol. The molecule has 0 spiro atoms. The standard InChI is InChI=1S/C22H27N3O5S/c1-13-10-19(30-4)17(21(26)24-13)11-23-22(27)20-15(3)25(14(2)12-31(5,28)29)18-9-7-6-8-16(18)20/h6-10,14H,11-12H2,1-5H3,(H,23,27)(H,24,26). The lowest BCUT2D eigenvalue weighted by Gasteiger charge is -2.17. The molecule has 0 fully saturated rings. The molecule has 3 aromatic rings. The second-order valence-corrected chi connectivity index (χ2v) is 9.98. The van der Waals surface area contributed by atoms with E-state index in [0.717, 1.165) is 10.9 Å². The summed E-state index contributed by atoms with van der Waals surface area (Å²) in [6, 6.07) is 8.74. The van der Waals surface area contributed by atoms with Crippen LogP contribution < -0.4 is 15.6 Å². The minimum absolute atomic E-state index is 0.00450. The Kier molecular flexibility index (Phi) is 6.26. The molecule has 2 heterocycles. The largest absolute Gasteiger partial charge is 0.496 e. The summed E-state index contributed by atoms with van der Waals surface area (Å²) in [5.41, 5.74) is 2.58. The van der Waals surface area contributed by atoms with E-state index >= 15 is 0 Å². The molecule has 1 amide bonds. The van der Waals surface area contributed by atoms with Crippen LogP contribution in [0.4, 0.5) is 0 Å². The quantitative estimate of drug-likeness (QED) is 0.581. The molecule has 8 nitrogen and oxygen atoms in total. The first kappa shape index (κ1) is 22.6. The van der Waals surface area contributed by atoms with Crippen LogP contribution in [-0.2, 0) is 16.4 Å². The van der Waals surface area contributed by atoms with E-state index in [0.29, 0.717) is 28.3 Å². The van der Waals surface area contributed by atoms with Gasteiger partial charge in [0.05, 0.1) is 30.5 Å². The molecule has 2 aromatic heterocycles. The van der Waals surface area contributed by atoms with Crippen molar-refractivity contribution in [1.82, 2.24) is 14.9 Å². The van der Waals surface area contributed by atoms with Crippen molar-refractivity contribution in [3.05, 3.63) is 63.2 Å². The number of sulfone groups is 1. The Hall–Kier alpha value is -3.07. The van der Waals surface area contributed by atoms with Crippen LogP contribution in [0, 0.1) is 13.8 Å². The van der Waals surface area contributed by atoms with Gasteiger partial charge in [0.15, 0.2) is 0 Å². The Morgan fingerprint density at radius 3 is 2.58 bits per heavy atom. The van der Waals surface area contributed by atoms with Crippen LogP contribution in [0.1, 0.15) is 40.3 Å². The Bertz CT molecular complexity index is 1300. The number of fused-ring (bicyclic) bond motifs is 1. The van der Waals surface area contributed by atoms with Crippen LogP contribution in [-0.4, -0.2) is 43.0 Å². The molecule has 2 N–H and O–H groups in total. The number of aromatic nitrogens is 2. The molecule has 0 saturated heterocycles. The van der Waals surface area contributed by atoms with Crippen LogP contribution >= 0.6 is 0 Å². The summed E-state index contributed by atoms with van der Waals surface area (Å²) < 4.78 is 30.9. The first-order valence-electron chi connectivity index (χ1n) is 9.85. The molecule has 0 aliphatic carbocycles. The van der Waals surface area contributed by atoms with Gasteiger partial charge in [-0.2, -0.15) is 0 Å². The van der Waals surface area contributed by atoms with Crippen molar-refractivity contribution >= 4 is 26.6 Å². The summed E-state index contributed by atoms with van der Waals surface area (Å²) >= 11 is 0. The maximum absolute atomic E-state index is 13.2. The molecule has 166 valence electrons. The van der Waals surface area contributed by atoms with Gasteiger partial charge in [-0.3, -0.25) is 9.59 Å². The molecule has 1 aromatic carbocycles. The number of para-hydroxylation sites is 1. The summed E-state index contributed by atoms with van der Waals surface area (Å²) in [5.74, 6) is 0.0206. The number of ether oxygens (including phenoxy) is 1. The maximum Gasteiger partial charge on any atom is 0.256 e. The maximum atomic E-state index is 13.2. The van der Waals surface area contributed by atoms with E-state index in [-0.39, 0.29) is 29.8 Å². The number of amides is 1.